The van der Waals surface area contributed by atoms with Crippen molar-refractivity contribution >= 4 is 12.0 Å². The van der Waals surface area contributed by atoms with E-state index in [9.17, 15) is 9.59 Å². The molecule has 1 aromatic rings. The molecule has 2 amide bonds. The zero-order chi connectivity index (χ0) is 22.7. The summed E-state index contributed by atoms with van der Waals surface area (Å²) in [5.74, 6) is 2.86. The Morgan fingerprint density at radius 2 is 1.91 bits per heavy atom. The maximum atomic E-state index is 12.9. The van der Waals surface area contributed by atoms with Gasteiger partial charge in [0.25, 0.3) is 0 Å². The van der Waals surface area contributed by atoms with Crippen LogP contribution in [-0.2, 0) is 15.1 Å². The third-order valence-corrected chi connectivity index (χ3v) is 9.81. The highest BCUT2D eigenvalue weighted by Crippen LogP contribution is 2.64. The number of rotatable bonds is 3. The van der Waals surface area contributed by atoms with Crippen molar-refractivity contribution in [3.8, 4) is 0 Å². The first-order chi connectivity index (χ1) is 15.1. The van der Waals surface area contributed by atoms with Gasteiger partial charge in [-0.1, -0.05) is 13.8 Å². The van der Waals surface area contributed by atoms with Crippen LogP contribution < -0.4 is 10.6 Å². The Labute approximate surface area is 191 Å². The Balaban J connectivity index is 1.28. The fourth-order valence-electron chi connectivity index (χ4n) is 7.96. The Morgan fingerprint density at radius 3 is 2.66 bits per heavy atom. The molecule has 2 N–H and O–H groups in total. The number of nitrogens with one attached hydrogen (secondary N) is 2. The zero-order valence-corrected chi connectivity index (χ0v) is 19.9. The van der Waals surface area contributed by atoms with E-state index >= 15 is 0 Å². The van der Waals surface area contributed by atoms with Gasteiger partial charge in [-0.15, -0.1) is 0 Å². The third-order valence-electron chi connectivity index (χ3n) is 9.81. The normalized spacial score (nSPS) is 41.1. The predicted octanol–water partition coefficient (Wildman–Crippen LogP) is 5.13. The second kappa shape index (κ2) is 7.53. The maximum absolute atomic E-state index is 12.9. The van der Waals surface area contributed by atoms with Crippen LogP contribution in [0.5, 0.6) is 0 Å². The van der Waals surface area contributed by atoms with Crippen LogP contribution in [0.25, 0.3) is 0 Å². The molecule has 7 atom stereocenters. The van der Waals surface area contributed by atoms with Crippen molar-refractivity contribution in [2.45, 2.75) is 96.7 Å². The fraction of sp³-hybridized carbons (Fsp3) is 0.769. The molecule has 1 saturated heterocycles. The first-order valence-electron chi connectivity index (χ1n) is 12.5. The number of carbonyl (C=O) groups is 2. The molecular formula is C26H38N2O4. The molecule has 2 heterocycles. The summed E-state index contributed by atoms with van der Waals surface area (Å²) < 4.78 is 11.6. The predicted molar refractivity (Wildman–Crippen MR) is 121 cm³/mol. The standard InChI is InChI=1S/C26H38N2O4/c1-24(2,20-6-5-15-31-20)28-23(30)32-21-10-8-17-16-7-9-19-25(3,14-12-22(29)27-19)18(16)11-13-26(17,21)4/h5-6,15-19,21H,7-14H2,1-4H3,(H,27,29)(H,28,30)/t16-,17-,18-,19+,21-,25+,26-/m0/s1. The molecule has 32 heavy (non-hydrogen) atoms. The topological polar surface area (TPSA) is 80.6 Å². The summed E-state index contributed by atoms with van der Waals surface area (Å²) in [6.45, 7) is 8.64. The van der Waals surface area contributed by atoms with Crippen molar-refractivity contribution in [2.24, 2.45) is 28.6 Å². The quantitative estimate of drug-likeness (QED) is 0.680. The Hall–Kier alpha value is -1.98. The summed E-state index contributed by atoms with van der Waals surface area (Å²) in [4.78, 5) is 24.9. The van der Waals surface area contributed by atoms with Crippen LogP contribution in [0.4, 0.5) is 4.79 Å². The molecule has 0 aromatic carbocycles. The van der Waals surface area contributed by atoms with Gasteiger partial charge < -0.3 is 19.8 Å². The van der Waals surface area contributed by atoms with Gasteiger partial charge in [-0.05, 0) is 94.1 Å². The molecule has 1 aromatic heterocycles. The molecule has 0 spiro atoms. The molecule has 4 aliphatic rings. The number of piperidine rings is 1. The monoisotopic (exact) mass is 442 g/mol. The molecular weight excluding hydrogens is 404 g/mol. The van der Waals surface area contributed by atoms with E-state index in [2.05, 4.69) is 24.5 Å². The SMILES string of the molecule is CC(C)(NC(=O)O[C@H]1CC[C@H]2[C@@H]3CC[C@H]4NC(=O)CC[C@]4(C)[C@H]3CC[C@]12C)c1ccco1. The van der Waals surface area contributed by atoms with Crippen LogP contribution in [0.2, 0.25) is 0 Å². The minimum atomic E-state index is -0.616. The molecule has 0 bridgehead atoms. The molecule has 176 valence electrons. The molecule has 1 aliphatic heterocycles. The van der Waals surface area contributed by atoms with Crippen LogP contribution in [0.15, 0.2) is 22.8 Å². The summed E-state index contributed by atoms with van der Waals surface area (Å²) in [6.07, 6.45) is 9.49. The van der Waals surface area contributed by atoms with Crippen molar-refractivity contribution in [1.82, 2.24) is 10.6 Å². The molecule has 3 aliphatic carbocycles. The van der Waals surface area contributed by atoms with E-state index in [-0.39, 0.29) is 28.9 Å². The maximum Gasteiger partial charge on any atom is 0.408 e. The summed E-state index contributed by atoms with van der Waals surface area (Å²) in [7, 11) is 0. The lowest BCUT2D eigenvalue weighted by Gasteiger charge is -2.60. The molecule has 6 heteroatoms. The number of alkyl carbamates (subject to hydrolysis) is 1. The fourth-order valence-corrected chi connectivity index (χ4v) is 7.96. The lowest BCUT2D eigenvalue weighted by Crippen LogP contribution is -2.61. The van der Waals surface area contributed by atoms with Gasteiger partial charge in [-0.3, -0.25) is 4.79 Å². The first-order valence-corrected chi connectivity index (χ1v) is 12.5. The van der Waals surface area contributed by atoms with E-state index < -0.39 is 5.54 Å². The van der Waals surface area contributed by atoms with Crippen LogP contribution >= 0.6 is 0 Å². The average Bonchev–Trinajstić information content (AvgIpc) is 3.37. The highest BCUT2D eigenvalue weighted by molar-refractivity contribution is 5.77. The summed E-state index contributed by atoms with van der Waals surface area (Å²) in [5.41, 5.74) is -0.370. The van der Waals surface area contributed by atoms with Crippen LogP contribution in [0.1, 0.15) is 84.8 Å². The van der Waals surface area contributed by atoms with Gasteiger partial charge in [0.15, 0.2) is 0 Å². The van der Waals surface area contributed by atoms with E-state index in [4.69, 9.17) is 9.15 Å². The van der Waals surface area contributed by atoms with E-state index in [1.165, 1.54) is 12.8 Å². The summed E-state index contributed by atoms with van der Waals surface area (Å²) in [6, 6.07) is 4.04. The van der Waals surface area contributed by atoms with E-state index in [1.54, 1.807) is 6.26 Å². The minimum Gasteiger partial charge on any atom is -0.467 e. The largest absolute Gasteiger partial charge is 0.467 e. The molecule has 6 nitrogen and oxygen atoms in total. The molecule has 0 unspecified atom stereocenters. The molecule has 5 rings (SSSR count). The summed E-state index contributed by atoms with van der Waals surface area (Å²) >= 11 is 0. The van der Waals surface area contributed by atoms with Crippen LogP contribution in [0.3, 0.4) is 0 Å². The Morgan fingerprint density at radius 1 is 1.12 bits per heavy atom. The number of hydrogen-bond acceptors (Lipinski definition) is 4. The highest BCUT2D eigenvalue weighted by Gasteiger charge is 2.61. The smallest absolute Gasteiger partial charge is 0.408 e. The number of ether oxygens (including phenoxy) is 1. The van der Waals surface area contributed by atoms with Gasteiger partial charge in [-0.25, -0.2) is 4.79 Å². The van der Waals surface area contributed by atoms with Crippen LogP contribution in [0, 0.1) is 28.6 Å². The molecule has 4 fully saturated rings. The van der Waals surface area contributed by atoms with Gasteiger partial charge in [0.1, 0.15) is 11.9 Å². The van der Waals surface area contributed by atoms with Gasteiger partial charge in [0.05, 0.1) is 11.8 Å². The number of carbonyl (C=O) groups excluding carboxylic acids is 2. The van der Waals surface area contributed by atoms with Crippen molar-refractivity contribution in [1.29, 1.82) is 0 Å². The number of fused-ring (bicyclic) bond motifs is 5. The van der Waals surface area contributed by atoms with Gasteiger partial charge in [0, 0.05) is 17.9 Å². The van der Waals surface area contributed by atoms with Gasteiger partial charge in [-0.2, -0.15) is 0 Å². The third kappa shape index (κ3) is 3.36. The second-order valence-electron chi connectivity index (χ2n) is 11.8. The van der Waals surface area contributed by atoms with Crippen LogP contribution in [-0.4, -0.2) is 24.1 Å². The molecule has 0 radical (unpaired) electrons. The van der Waals surface area contributed by atoms with Crippen molar-refractivity contribution in [3.63, 3.8) is 0 Å². The van der Waals surface area contributed by atoms with E-state index in [0.717, 1.165) is 37.9 Å². The van der Waals surface area contributed by atoms with E-state index in [1.807, 2.05) is 26.0 Å². The molecule has 3 saturated carbocycles. The lowest BCUT2D eigenvalue weighted by molar-refractivity contribution is -0.138. The van der Waals surface area contributed by atoms with Crippen molar-refractivity contribution < 1.29 is 18.7 Å². The van der Waals surface area contributed by atoms with Crippen molar-refractivity contribution in [3.05, 3.63) is 24.2 Å². The number of amides is 2. The average molecular weight is 443 g/mol. The number of hydrogen-bond donors (Lipinski definition) is 2. The van der Waals surface area contributed by atoms with Gasteiger partial charge in [0.2, 0.25) is 5.91 Å². The minimum absolute atomic E-state index is 0.0362. The zero-order valence-electron chi connectivity index (χ0n) is 19.9. The highest BCUT2D eigenvalue weighted by atomic mass is 16.6. The number of furan rings is 1. The van der Waals surface area contributed by atoms with Crippen molar-refractivity contribution in [2.75, 3.05) is 0 Å². The first kappa shape index (κ1) is 21.8. The lowest BCUT2D eigenvalue weighted by atomic mass is 9.47. The summed E-state index contributed by atoms with van der Waals surface area (Å²) in [5, 5.41) is 6.31. The Kier molecular flexibility index (Phi) is 5.14. The van der Waals surface area contributed by atoms with Gasteiger partial charge >= 0.3 is 6.09 Å². The Bertz CT molecular complexity index is 880. The van der Waals surface area contributed by atoms with E-state index in [0.29, 0.717) is 30.2 Å². The second-order valence-corrected chi connectivity index (χ2v) is 11.8.